The molecule has 32 heavy (non-hydrogen) atoms. The summed E-state index contributed by atoms with van der Waals surface area (Å²) in [5.41, 5.74) is 2.58. The zero-order valence-corrected chi connectivity index (χ0v) is 18.9. The second-order valence-electron chi connectivity index (χ2n) is 7.12. The summed E-state index contributed by atoms with van der Waals surface area (Å²) in [6, 6.07) is 15.2. The van der Waals surface area contributed by atoms with E-state index < -0.39 is 6.03 Å². The fourth-order valence-corrected chi connectivity index (χ4v) is 3.30. The minimum absolute atomic E-state index is 0.230. The Morgan fingerprint density at radius 2 is 1.69 bits per heavy atom. The Bertz CT molecular complexity index is 1140. The number of urea groups is 1. The monoisotopic (exact) mass is 474 g/mol. The van der Waals surface area contributed by atoms with Gasteiger partial charge in [-0.05, 0) is 48.0 Å². The van der Waals surface area contributed by atoms with Gasteiger partial charge in [-0.25, -0.2) is 9.18 Å². The molecule has 3 aromatic carbocycles. The predicted octanol–water partition coefficient (Wildman–Crippen LogP) is 5.77. The van der Waals surface area contributed by atoms with E-state index >= 15 is 0 Å². The third kappa shape index (κ3) is 5.90. The van der Waals surface area contributed by atoms with Crippen molar-refractivity contribution in [1.82, 2.24) is 5.32 Å². The lowest BCUT2D eigenvalue weighted by molar-refractivity contribution is 0.0951. The van der Waals surface area contributed by atoms with Crippen LogP contribution in [0.15, 0.2) is 60.7 Å². The number of nitrogens with one attached hydrogen (secondary N) is 3. The number of carbonyl (C=O) groups excluding carboxylic acids is 2. The summed E-state index contributed by atoms with van der Waals surface area (Å²) in [6.07, 6.45) is 0. The zero-order valence-electron chi connectivity index (χ0n) is 17.4. The number of hydrogen-bond donors (Lipinski definition) is 3. The van der Waals surface area contributed by atoms with Crippen molar-refractivity contribution in [3.8, 4) is 0 Å². The molecule has 0 aromatic heterocycles. The molecule has 0 atom stereocenters. The molecular formula is C23H21Cl2FN4O2. The van der Waals surface area contributed by atoms with Crippen LogP contribution in [0.3, 0.4) is 0 Å². The molecule has 3 amide bonds. The SMILES string of the molecule is CN(C)c1ccc(NC(=O)Nc2cccc(Cl)c2Cl)cc1C(=O)NCc1ccc(F)cc1. The molecule has 0 aliphatic rings. The van der Waals surface area contributed by atoms with E-state index in [0.29, 0.717) is 27.6 Å². The third-order valence-corrected chi connectivity index (χ3v) is 5.37. The number of rotatable bonds is 6. The van der Waals surface area contributed by atoms with Crippen LogP contribution < -0.4 is 20.9 Å². The molecule has 3 rings (SSSR count). The molecule has 3 N–H and O–H groups in total. The van der Waals surface area contributed by atoms with Crippen LogP contribution in [0.25, 0.3) is 0 Å². The Labute approximate surface area is 195 Å². The number of carbonyl (C=O) groups is 2. The first-order chi connectivity index (χ1) is 15.2. The summed E-state index contributed by atoms with van der Waals surface area (Å²) < 4.78 is 13.1. The largest absolute Gasteiger partial charge is 0.377 e. The van der Waals surface area contributed by atoms with Gasteiger partial charge in [0.15, 0.2) is 0 Å². The van der Waals surface area contributed by atoms with Gasteiger partial charge >= 0.3 is 6.03 Å². The van der Waals surface area contributed by atoms with Gasteiger partial charge in [-0.3, -0.25) is 4.79 Å². The molecule has 6 nitrogen and oxygen atoms in total. The van der Waals surface area contributed by atoms with Gasteiger partial charge in [0, 0.05) is 32.0 Å². The smallest absolute Gasteiger partial charge is 0.323 e. The van der Waals surface area contributed by atoms with Gasteiger partial charge in [-0.1, -0.05) is 41.4 Å². The Morgan fingerprint density at radius 1 is 0.969 bits per heavy atom. The molecule has 0 heterocycles. The topological polar surface area (TPSA) is 73.5 Å². The van der Waals surface area contributed by atoms with Crippen molar-refractivity contribution >= 4 is 52.2 Å². The Kier molecular flexibility index (Phi) is 7.56. The quantitative estimate of drug-likeness (QED) is 0.424. The van der Waals surface area contributed by atoms with Gasteiger partial charge in [-0.15, -0.1) is 0 Å². The van der Waals surface area contributed by atoms with Crippen LogP contribution in [0, 0.1) is 5.82 Å². The summed E-state index contributed by atoms with van der Waals surface area (Å²) in [4.78, 5) is 27.1. The second kappa shape index (κ2) is 10.3. The van der Waals surface area contributed by atoms with E-state index in [4.69, 9.17) is 23.2 Å². The van der Waals surface area contributed by atoms with E-state index in [1.165, 1.54) is 12.1 Å². The molecule has 9 heteroatoms. The summed E-state index contributed by atoms with van der Waals surface area (Å²) >= 11 is 12.1. The number of nitrogens with zero attached hydrogens (tertiary/aromatic N) is 1. The van der Waals surface area contributed by atoms with Crippen LogP contribution in [0.1, 0.15) is 15.9 Å². The minimum Gasteiger partial charge on any atom is -0.377 e. The molecule has 0 saturated carbocycles. The van der Waals surface area contributed by atoms with Gasteiger partial charge < -0.3 is 20.9 Å². The van der Waals surface area contributed by atoms with E-state index in [9.17, 15) is 14.0 Å². The fraction of sp³-hybridized carbons (Fsp3) is 0.130. The molecule has 166 valence electrons. The average molecular weight is 475 g/mol. The first-order valence-corrected chi connectivity index (χ1v) is 10.4. The van der Waals surface area contributed by atoms with E-state index in [-0.39, 0.29) is 23.3 Å². The highest BCUT2D eigenvalue weighted by Crippen LogP contribution is 2.30. The molecule has 0 unspecified atom stereocenters. The Morgan fingerprint density at radius 3 is 2.38 bits per heavy atom. The first kappa shape index (κ1) is 23.4. The third-order valence-electron chi connectivity index (χ3n) is 4.55. The zero-order chi connectivity index (χ0) is 23.3. The molecule has 0 bridgehead atoms. The first-order valence-electron chi connectivity index (χ1n) is 9.60. The minimum atomic E-state index is -0.538. The van der Waals surface area contributed by atoms with Crippen LogP contribution in [-0.4, -0.2) is 26.0 Å². The fourth-order valence-electron chi connectivity index (χ4n) is 2.95. The van der Waals surface area contributed by atoms with Crippen molar-refractivity contribution in [3.05, 3.63) is 87.7 Å². The number of amides is 3. The number of anilines is 3. The molecular weight excluding hydrogens is 454 g/mol. The van der Waals surface area contributed by atoms with Gasteiger partial charge in [0.05, 0.1) is 21.3 Å². The molecule has 3 aromatic rings. The highest BCUT2D eigenvalue weighted by molar-refractivity contribution is 6.44. The molecule has 0 radical (unpaired) electrons. The highest BCUT2D eigenvalue weighted by atomic mass is 35.5. The van der Waals surface area contributed by atoms with E-state index in [1.807, 2.05) is 14.1 Å². The lowest BCUT2D eigenvalue weighted by atomic mass is 10.1. The summed E-state index contributed by atoms with van der Waals surface area (Å²) in [6.45, 7) is 0.234. The Hall–Kier alpha value is -3.29. The lowest BCUT2D eigenvalue weighted by Crippen LogP contribution is -2.26. The molecule has 0 fully saturated rings. The maximum absolute atomic E-state index is 13.1. The van der Waals surface area contributed by atoms with Crippen LogP contribution in [0.5, 0.6) is 0 Å². The molecule has 0 aliphatic carbocycles. The summed E-state index contributed by atoms with van der Waals surface area (Å²) in [5, 5.41) is 8.68. The van der Waals surface area contributed by atoms with Crippen molar-refractivity contribution in [2.75, 3.05) is 29.6 Å². The summed E-state index contributed by atoms with van der Waals surface area (Å²) in [7, 11) is 3.63. The molecule has 0 saturated heterocycles. The van der Waals surface area contributed by atoms with Crippen molar-refractivity contribution in [1.29, 1.82) is 0 Å². The Balaban J connectivity index is 1.74. The maximum atomic E-state index is 13.1. The summed E-state index contributed by atoms with van der Waals surface area (Å²) in [5.74, 6) is -0.675. The highest BCUT2D eigenvalue weighted by Gasteiger charge is 2.15. The van der Waals surface area contributed by atoms with Crippen LogP contribution in [0.4, 0.5) is 26.2 Å². The van der Waals surface area contributed by atoms with Crippen molar-refractivity contribution in [3.63, 3.8) is 0 Å². The molecule has 0 spiro atoms. The predicted molar refractivity (Wildman–Crippen MR) is 127 cm³/mol. The van der Waals surface area contributed by atoms with Crippen molar-refractivity contribution in [2.45, 2.75) is 6.54 Å². The van der Waals surface area contributed by atoms with Crippen LogP contribution in [-0.2, 0) is 6.54 Å². The van der Waals surface area contributed by atoms with Crippen LogP contribution >= 0.6 is 23.2 Å². The van der Waals surface area contributed by atoms with Crippen molar-refractivity contribution in [2.24, 2.45) is 0 Å². The maximum Gasteiger partial charge on any atom is 0.323 e. The van der Waals surface area contributed by atoms with Gasteiger partial charge in [0.1, 0.15) is 5.82 Å². The molecule has 0 aliphatic heterocycles. The average Bonchev–Trinajstić information content (AvgIpc) is 2.76. The second-order valence-corrected chi connectivity index (χ2v) is 7.90. The normalized spacial score (nSPS) is 10.4. The van der Waals surface area contributed by atoms with E-state index in [0.717, 1.165) is 5.56 Å². The van der Waals surface area contributed by atoms with Gasteiger partial charge in [-0.2, -0.15) is 0 Å². The van der Waals surface area contributed by atoms with Crippen LogP contribution in [0.2, 0.25) is 10.0 Å². The van der Waals surface area contributed by atoms with Crippen molar-refractivity contribution < 1.29 is 14.0 Å². The standard InChI is InChI=1S/C23H21Cl2FN4O2/c1-30(2)20-11-10-16(28-23(32)29-19-5-3-4-18(24)21(19)25)12-17(20)22(31)27-13-14-6-8-15(26)9-7-14/h3-12H,13H2,1-2H3,(H,27,31)(H2,28,29,32). The van der Waals surface area contributed by atoms with Gasteiger partial charge in [0.2, 0.25) is 0 Å². The number of halogens is 3. The van der Waals surface area contributed by atoms with E-state index in [2.05, 4.69) is 16.0 Å². The number of hydrogen-bond acceptors (Lipinski definition) is 3. The lowest BCUT2D eigenvalue weighted by Gasteiger charge is -2.19. The number of benzene rings is 3. The van der Waals surface area contributed by atoms with Gasteiger partial charge in [0.25, 0.3) is 5.91 Å². The van der Waals surface area contributed by atoms with E-state index in [1.54, 1.807) is 53.4 Å².